The van der Waals surface area contributed by atoms with Crippen LogP contribution in [-0.4, -0.2) is 71.9 Å². The van der Waals surface area contributed by atoms with Gasteiger partial charge in [-0.15, -0.1) is 0 Å². The number of nitrogens with one attached hydrogen (secondary N) is 2. The van der Waals surface area contributed by atoms with Gasteiger partial charge < -0.3 is 25.4 Å². The monoisotopic (exact) mass is 420 g/mol. The highest BCUT2D eigenvalue weighted by atomic mass is 16.3. The average molecular weight is 420 g/mol. The maximum Gasteiger partial charge on any atom is 0.229 e. The van der Waals surface area contributed by atoms with Crippen molar-refractivity contribution < 1.29 is 15.0 Å². The van der Waals surface area contributed by atoms with Crippen molar-refractivity contribution in [1.29, 1.82) is 0 Å². The van der Waals surface area contributed by atoms with Crippen LogP contribution in [0.3, 0.4) is 0 Å². The van der Waals surface area contributed by atoms with E-state index < -0.39 is 23.7 Å². The van der Waals surface area contributed by atoms with Gasteiger partial charge in [-0.25, -0.2) is 24.9 Å². The van der Waals surface area contributed by atoms with Crippen LogP contribution in [0.25, 0.3) is 11.2 Å². The van der Waals surface area contributed by atoms with Crippen molar-refractivity contribution in [3.05, 3.63) is 36.4 Å². The number of rotatable bonds is 3. The van der Waals surface area contributed by atoms with E-state index in [0.717, 1.165) is 0 Å². The lowest BCUT2D eigenvalue weighted by atomic mass is 9.98. The van der Waals surface area contributed by atoms with E-state index in [1.807, 2.05) is 0 Å². The lowest BCUT2D eigenvalue weighted by molar-refractivity contribution is -0.132. The zero-order valence-electron chi connectivity index (χ0n) is 16.8. The molecule has 2 aliphatic rings. The number of fused-ring (bicyclic) bond motifs is 2. The van der Waals surface area contributed by atoms with E-state index in [1.165, 1.54) is 7.05 Å². The number of carbonyl (C=O) groups is 1. The molecule has 3 heterocycles. The minimum Gasteiger partial charge on any atom is -0.389 e. The lowest BCUT2D eigenvalue weighted by Gasteiger charge is -2.23. The smallest absolute Gasteiger partial charge is 0.229 e. The molecule has 0 spiro atoms. The molecule has 5 rings (SSSR count). The lowest BCUT2D eigenvalue weighted by Crippen LogP contribution is -2.41. The Labute approximate surface area is 177 Å². The molecule has 158 valence electrons. The SMILES string of the molecule is CNC(=O)C12CC1C(n1cnc3c(NC)nc(C#Cc4ncccn4)nc31)C(O)C2O. The van der Waals surface area contributed by atoms with E-state index in [1.54, 1.807) is 36.4 Å². The number of carbonyl (C=O) groups excluding carboxylic acids is 1. The number of nitrogens with zero attached hydrogens (tertiary/aromatic N) is 6. The Balaban J connectivity index is 1.58. The van der Waals surface area contributed by atoms with Crippen LogP contribution in [-0.2, 0) is 4.79 Å². The van der Waals surface area contributed by atoms with Gasteiger partial charge in [-0.3, -0.25) is 4.79 Å². The van der Waals surface area contributed by atoms with Crippen LogP contribution < -0.4 is 10.6 Å². The van der Waals surface area contributed by atoms with Crippen molar-refractivity contribution in [2.45, 2.75) is 24.7 Å². The number of aliphatic hydroxyl groups is 2. The van der Waals surface area contributed by atoms with Crippen molar-refractivity contribution in [2.24, 2.45) is 11.3 Å². The molecular formula is C20H20N8O3. The maximum atomic E-state index is 12.4. The van der Waals surface area contributed by atoms with Crippen LogP contribution in [0, 0.1) is 23.2 Å². The summed E-state index contributed by atoms with van der Waals surface area (Å²) in [6, 6.07) is 1.15. The van der Waals surface area contributed by atoms with Gasteiger partial charge in [0.1, 0.15) is 6.10 Å². The molecule has 3 aromatic heterocycles. The molecule has 0 radical (unpaired) electrons. The van der Waals surface area contributed by atoms with Crippen molar-refractivity contribution in [1.82, 2.24) is 34.8 Å². The Kier molecular flexibility index (Phi) is 4.35. The predicted molar refractivity (Wildman–Crippen MR) is 109 cm³/mol. The first-order valence-corrected chi connectivity index (χ1v) is 9.81. The van der Waals surface area contributed by atoms with E-state index >= 15 is 0 Å². The van der Waals surface area contributed by atoms with Gasteiger partial charge in [-0.2, -0.15) is 0 Å². The number of imidazole rings is 1. The van der Waals surface area contributed by atoms with E-state index in [0.29, 0.717) is 29.2 Å². The van der Waals surface area contributed by atoms with Gasteiger partial charge in [0.25, 0.3) is 0 Å². The summed E-state index contributed by atoms with van der Waals surface area (Å²) in [6.45, 7) is 0. The fourth-order valence-corrected chi connectivity index (χ4v) is 4.63. The highest BCUT2D eigenvalue weighted by Crippen LogP contribution is 2.67. The number of aromatic nitrogens is 6. The summed E-state index contributed by atoms with van der Waals surface area (Å²) in [6.07, 6.45) is 2.93. The van der Waals surface area contributed by atoms with E-state index in [9.17, 15) is 15.0 Å². The summed E-state index contributed by atoms with van der Waals surface area (Å²) < 4.78 is 1.71. The molecule has 11 heteroatoms. The molecule has 2 saturated carbocycles. The Bertz CT molecular complexity index is 1230. The molecule has 11 nitrogen and oxygen atoms in total. The first-order chi connectivity index (χ1) is 15.0. The van der Waals surface area contributed by atoms with E-state index in [2.05, 4.69) is 47.4 Å². The molecular weight excluding hydrogens is 400 g/mol. The largest absolute Gasteiger partial charge is 0.389 e. The van der Waals surface area contributed by atoms with Crippen molar-refractivity contribution in [3.63, 3.8) is 0 Å². The van der Waals surface area contributed by atoms with E-state index in [4.69, 9.17) is 0 Å². The van der Waals surface area contributed by atoms with Crippen LogP contribution in [0.2, 0.25) is 0 Å². The Morgan fingerprint density at radius 2 is 1.90 bits per heavy atom. The highest BCUT2D eigenvalue weighted by Gasteiger charge is 2.75. The molecule has 1 amide bonds. The summed E-state index contributed by atoms with van der Waals surface area (Å²) >= 11 is 0. The predicted octanol–water partition coefficient (Wildman–Crippen LogP) is -0.913. The van der Waals surface area contributed by atoms with E-state index in [-0.39, 0.29) is 17.6 Å². The molecule has 2 fully saturated rings. The topological polar surface area (TPSA) is 151 Å². The molecule has 0 bridgehead atoms. The zero-order valence-corrected chi connectivity index (χ0v) is 16.8. The number of amides is 1. The Hall–Kier alpha value is -3.62. The first kappa shape index (κ1) is 19.3. The summed E-state index contributed by atoms with van der Waals surface area (Å²) in [5.41, 5.74) is -0.0287. The Morgan fingerprint density at radius 1 is 1.16 bits per heavy atom. The second kappa shape index (κ2) is 6.97. The molecule has 4 N–H and O–H groups in total. The van der Waals surface area contributed by atoms with Gasteiger partial charge >= 0.3 is 0 Å². The normalized spacial score (nSPS) is 28.5. The zero-order chi connectivity index (χ0) is 21.8. The number of hydrogen-bond acceptors (Lipinski definition) is 9. The molecule has 2 aliphatic carbocycles. The second-order valence-corrected chi connectivity index (χ2v) is 7.65. The van der Waals surface area contributed by atoms with Crippen molar-refractivity contribution in [3.8, 4) is 11.8 Å². The van der Waals surface area contributed by atoms with Crippen molar-refractivity contribution in [2.75, 3.05) is 19.4 Å². The summed E-state index contributed by atoms with van der Waals surface area (Å²) in [7, 11) is 3.24. The summed E-state index contributed by atoms with van der Waals surface area (Å²) in [5, 5.41) is 27.0. The maximum absolute atomic E-state index is 12.4. The molecule has 0 aliphatic heterocycles. The van der Waals surface area contributed by atoms with Crippen LogP contribution in [0.1, 0.15) is 24.1 Å². The molecule has 31 heavy (non-hydrogen) atoms. The fraction of sp³-hybridized carbons (Fsp3) is 0.400. The average Bonchev–Trinajstić information content (AvgIpc) is 3.34. The second-order valence-electron chi connectivity index (χ2n) is 7.65. The van der Waals surface area contributed by atoms with Gasteiger partial charge in [-0.05, 0) is 24.3 Å². The molecule has 0 saturated heterocycles. The molecule has 3 aromatic rings. The molecule has 0 aromatic carbocycles. The first-order valence-electron chi connectivity index (χ1n) is 9.81. The number of hydrogen-bond donors (Lipinski definition) is 4. The minimum absolute atomic E-state index is 0.227. The van der Waals surface area contributed by atoms with Gasteiger partial charge in [0.2, 0.25) is 17.6 Å². The fourth-order valence-electron chi connectivity index (χ4n) is 4.63. The number of anilines is 1. The van der Waals surface area contributed by atoms with Crippen LogP contribution in [0.15, 0.2) is 24.8 Å². The van der Waals surface area contributed by atoms with Crippen LogP contribution in [0.4, 0.5) is 5.82 Å². The third kappa shape index (κ3) is 2.76. The molecule has 5 unspecified atom stereocenters. The quantitative estimate of drug-likeness (QED) is 0.395. The van der Waals surface area contributed by atoms with Gasteiger partial charge in [0.15, 0.2) is 17.0 Å². The van der Waals surface area contributed by atoms with Crippen LogP contribution >= 0.6 is 0 Å². The third-order valence-electron chi connectivity index (χ3n) is 6.15. The Morgan fingerprint density at radius 3 is 2.61 bits per heavy atom. The third-order valence-corrected chi connectivity index (χ3v) is 6.15. The standard InChI is InChI=1S/C20H20N8O3/c1-21-17-13-18(27-12(26-17)5-4-11-23-6-3-7-24-11)28(9-25-13)14-10-8-20(10,19(31)22-2)16(30)15(14)29/h3,6-7,9-10,14-16,29-30H,8H2,1-2H3,(H,22,31)(H,21,26,27). The van der Waals surface area contributed by atoms with Gasteiger partial charge in [0.05, 0.1) is 23.9 Å². The summed E-state index contributed by atoms with van der Waals surface area (Å²) in [5.74, 6) is 6.23. The highest BCUT2D eigenvalue weighted by molar-refractivity contribution is 5.88. The van der Waals surface area contributed by atoms with Crippen molar-refractivity contribution >= 4 is 22.9 Å². The minimum atomic E-state index is -1.17. The van der Waals surface area contributed by atoms with Gasteiger partial charge in [0, 0.05) is 32.4 Å². The summed E-state index contributed by atoms with van der Waals surface area (Å²) in [4.78, 5) is 33.9. The molecule has 5 atom stereocenters. The van der Waals surface area contributed by atoms with Gasteiger partial charge in [-0.1, -0.05) is 0 Å². The number of aliphatic hydroxyl groups excluding tert-OH is 2. The van der Waals surface area contributed by atoms with Crippen LogP contribution in [0.5, 0.6) is 0 Å².